The molecule has 0 bridgehead atoms. The Morgan fingerprint density at radius 2 is 2.00 bits per heavy atom. The fourth-order valence-corrected chi connectivity index (χ4v) is 2.76. The van der Waals surface area contributed by atoms with Crippen molar-refractivity contribution < 1.29 is 5.11 Å². The van der Waals surface area contributed by atoms with E-state index >= 15 is 0 Å². The summed E-state index contributed by atoms with van der Waals surface area (Å²) in [6.45, 7) is 5.35. The number of benzene rings is 1. The van der Waals surface area contributed by atoms with Crippen LogP contribution in [0.1, 0.15) is 49.8 Å². The summed E-state index contributed by atoms with van der Waals surface area (Å²) in [7, 11) is 0. The Balaban J connectivity index is 1.80. The zero-order valence-electron chi connectivity index (χ0n) is 11.5. The molecule has 2 heteroatoms. The SMILES string of the molecule is Cc1ccc(C(C)NCC2CCCC(O)C2)cc1. The molecule has 1 aromatic rings. The van der Waals surface area contributed by atoms with Gasteiger partial charge in [-0.3, -0.25) is 0 Å². The molecule has 2 N–H and O–H groups in total. The van der Waals surface area contributed by atoms with E-state index in [0.717, 1.165) is 19.4 Å². The highest BCUT2D eigenvalue weighted by atomic mass is 16.3. The van der Waals surface area contributed by atoms with E-state index in [1.165, 1.54) is 24.0 Å². The fraction of sp³-hybridized carbons (Fsp3) is 0.625. The minimum absolute atomic E-state index is 0.0692. The van der Waals surface area contributed by atoms with Gasteiger partial charge in [-0.1, -0.05) is 36.2 Å². The van der Waals surface area contributed by atoms with Gasteiger partial charge in [-0.2, -0.15) is 0 Å². The molecule has 0 radical (unpaired) electrons. The van der Waals surface area contributed by atoms with Crippen LogP contribution in [0, 0.1) is 12.8 Å². The molecule has 0 heterocycles. The molecule has 1 saturated carbocycles. The van der Waals surface area contributed by atoms with Gasteiger partial charge in [-0.25, -0.2) is 0 Å². The zero-order valence-corrected chi connectivity index (χ0v) is 11.5. The van der Waals surface area contributed by atoms with Gasteiger partial charge >= 0.3 is 0 Å². The van der Waals surface area contributed by atoms with Crippen molar-refractivity contribution in [1.82, 2.24) is 5.32 Å². The Morgan fingerprint density at radius 1 is 1.28 bits per heavy atom. The van der Waals surface area contributed by atoms with Crippen LogP contribution in [-0.2, 0) is 0 Å². The van der Waals surface area contributed by atoms with E-state index in [4.69, 9.17) is 0 Å². The minimum Gasteiger partial charge on any atom is -0.393 e. The smallest absolute Gasteiger partial charge is 0.0543 e. The number of aryl methyl sites for hydroxylation is 1. The highest BCUT2D eigenvalue weighted by Gasteiger charge is 2.20. The van der Waals surface area contributed by atoms with Crippen LogP contribution in [0.5, 0.6) is 0 Å². The summed E-state index contributed by atoms with van der Waals surface area (Å²) in [6, 6.07) is 9.12. The number of rotatable bonds is 4. The van der Waals surface area contributed by atoms with E-state index in [-0.39, 0.29) is 6.10 Å². The maximum absolute atomic E-state index is 9.66. The van der Waals surface area contributed by atoms with Crippen molar-refractivity contribution in [3.63, 3.8) is 0 Å². The van der Waals surface area contributed by atoms with Crippen LogP contribution < -0.4 is 5.32 Å². The van der Waals surface area contributed by atoms with Crippen molar-refractivity contribution >= 4 is 0 Å². The van der Waals surface area contributed by atoms with Gasteiger partial charge in [0.15, 0.2) is 0 Å². The van der Waals surface area contributed by atoms with E-state index in [1.807, 2.05) is 0 Å². The van der Waals surface area contributed by atoms with Crippen LogP contribution in [0.4, 0.5) is 0 Å². The van der Waals surface area contributed by atoms with E-state index in [0.29, 0.717) is 12.0 Å². The summed E-state index contributed by atoms with van der Waals surface area (Å²) in [5.74, 6) is 0.640. The average Bonchev–Trinajstić information content (AvgIpc) is 2.37. The summed E-state index contributed by atoms with van der Waals surface area (Å²) in [5, 5.41) is 13.3. The summed E-state index contributed by atoms with van der Waals surface area (Å²) in [6.07, 6.45) is 4.31. The lowest BCUT2D eigenvalue weighted by Gasteiger charge is -2.27. The Hall–Kier alpha value is -0.860. The molecule has 100 valence electrons. The summed E-state index contributed by atoms with van der Waals surface area (Å²) < 4.78 is 0. The van der Waals surface area contributed by atoms with Gasteiger partial charge in [0.05, 0.1) is 6.10 Å². The molecule has 0 aliphatic heterocycles. The molecule has 3 unspecified atom stereocenters. The first-order chi connectivity index (χ1) is 8.65. The van der Waals surface area contributed by atoms with Gasteiger partial charge in [-0.15, -0.1) is 0 Å². The topological polar surface area (TPSA) is 32.3 Å². The standard InChI is InChI=1S/C16H25NO/c1-12-6-8-15(9-7-12)13(2)17-11-14-4-3-5-16(18)10-14/h6-9,13-14,16-18H,3-5,10-11H2,1-2H3. The molecule has 1 aromatic carbocycles. The molecule has 0 saturated heterocycles. The molecular weight excluding hydrogens is 222 g/mol. The zero-order chi connectivity index (χ0) is 13.0. The molecule has 18 heavy (non-hydrogen) atoms. The number of aliphatic hydroxyl groups excluding tert-OH is 1. The van der Waals surface area contributed by atoms with Crippen molar-refractivity contribution in [2.24, 2.45) is 5.92 Å². The van der Waals surface area contributed by atoms with E-state index < -0.39 is 0 Å². The Labute approximate surface area is 110 Å². The van der Waals surface area contributed by atoms with Crippen molar-refractivity contribution in [3.05, 3.63) is 35.4 Å². The summed E-state index contributed by atoms with van der Waals surface area (Å²) in [4.78, 5) is 0. The lowest BCUT2D eigenvalue weighted by atomic mass is 9.87. The Bertz CT molecular complexity index is 360. The minimum atomic E-state index is -0.0692. The maximum Gasteiger partial charge on any atom is 0.0543 e. The molecule has 1 fully saturated rings. The van der Waals surface area contributed by atoms with Crippen LogP contribution in [-0.4, -0.2) is 17.8 Å². The molecule has 0 spiro atoms. The number of nitrogens with one attached hydrogen (secondary N) is 1. The largest absolute Gasteiger partial charge is 0.393 e. The van der Waals surface area contributed by atoms with Crippen LogP contribution >= 0.6 is 0 Å². The second-order valence-electron chi connectivity index (χ2n) is 5.73. The van der Waals surface area contributed by atoms with Crippen LogP contribution in [0.3, 0.4) is 0 Å². The molecular formula is C16H25NO. The number of hydrogen-bond acceptors (Lipinski definition) is 2. The third-order valence-corrected chi connectivity index (χ3v) is 4.05. The average molecular weight is 247 g/mol. The van der Waals surface area contributed by atoms with Crippen LogP contribution in [0.2, 0.25) is 0 Å². The first kappa shape index (κ1) is 13.6. The first-order valence-electron chi connectivity index (χ1n) is 7.13. The quantitative estimate of drug-likeness (QED) is 0.856. The van der Waals surface area contributed by atoms with Gasteiger partial charge < -0.3 is 10.4 Å². The molecule has 0 amide bonds. The fourth-order valence-electron chi connectivity index (χ4n) is 2.76. The third-order valence-electron chi connectivity index (χ3n) is 4.05. The molecule has 2 rings (SSSR count). The Morgan fingerprint density at radius 3 is 2.67 bits per heavy atom. The van der Waals surface area contributed by atoms with Crippen LogP contribution in [0.15, 0.2) is 24.3 Å². The molecule has 0 aromatic heterocycles. The van der Waals surface area contributed by atoms with E-state index in [2.05, 4.69) is 43.4 Å². The van der Waals surface area contributed by atoms with Crippen molar-refractivity contribution in [3.8, 4) is 0 Å². The van der Waals surface area contributed by atoms with E-state index in [9.17, 15) is 5.11 Å². The van der Waals surface area contributed by atoms with Gasteiger partial charge in [0.1, 0.15) is 0 Å². The van der Waals surface area contributed by atoms with Crippen molar-refractivity contribution in [2.45, 2.75) is 51.7 Å². The van der Waals surface area contributed by atoms with Gasteiger partial charge in [0.2, 0.25) is 0 Å². The normalized spacial score (nSPS) is 25.9. The second kappa shape index (κ2) is 6.35. The number of aliphatic hydroxyl groups is 1. The highest BCUT2D eigenvalue weighted by molar-refractivity contribution is 5.23. The highest BCUT2D eigenvalue weighted by Crippen LogP contribution is 2.24. The first-order valence-corrected chi connectivity index (χ1v) is 7.13. The number of hydrogen-bond donors (Lipinski definition) is 2. The molecule has 1 aliphatic rings. The van der Waals surface area contributed by atoms with E-state index in [1.54, 1.807) is 0 Å². The predicted octanol–water partition coefficient (Wildman–Crippen LogP) is 3.20. The van der Waals surface area contributed by atoms with Gasteiger partial charge in [0, 0.05) is 6.04 Å². The molecule has 2 nitrogen and oxygen atoms in total. The molecule has 3 atom stereocenters. The summed E-state index contributed by atoms with van der Waals surface area (Å²) in [5.41, 5.74) is 2.65. The van der Waals surface area contributed by atoms with Crippen molar-refractivity contribution in [2.75, 3.05) is 6.54 Å². The third kappa shape index (κ3) is 3.82. The lowest BCUT2D eigenvalue weighted by Crippen LogP contribution is -2.30. The maximum atomic E-state index is 9.66. The van der Waals surface area contributed by atoms with Gasteiger partial charge in [-0.05, 0) is 51.1 Å². The van der Waals surface area contributed by atoms with Crippen LogP contribution in [0.25, 0.3) is 0 Å². The second-order valence-corrected chi connectivity index (χ2v) is 5.73. The van der Waals surface area contributed by atoms with Gasteiger partial charge in [0.25, 0.3) is 0 Å². The van der Waals surface area contributed by atoms with Crippen molar-refractivity contribution in [1.29, 1.82) is 0 Å². The summed E-state index contributed by atoms with van der Waals surface area (Å²) >= 11 is 0. The monoisotopic (exact) mass is 247 g/mol. The predicted molar refractivity (Wildman–Crippen MR) is 75.6 cm³/mol. The lowest BCUT2D eigenvalue weighted by molar-refractivity contribution is 0.0998. The Kier molecular flexibility index (Phi) is 4.79. The molecule has 1 aliphatic carbocycles.